The SMILES string of the molecule is Cc1noc(C)c1CNS(=O)(=O)c1cnccc1NN. The molecule has 0 aliphatic rings. The Balaban J connectivity index is 2.24. The van der Waals surface area contributed by atoms with E-state index < -0.39 is 10.0 Å². The molecule has 0 fully saturated rings. The Labute approximate surface area is 116 Å². The fraction of sp³-hybridized carbons (Fsp3) is 0.273. The molecule has 4 N–H and O–H groups in total. The van der Waals surface area contributed by atoms with Crippen LogP contribution in [0.5, 0.6) is 0 Å². The molecule has 0 aliphatic carbocycles. The molecule has 0 saturated carbocycles. The molecule has 8 nitrogen and oxygen atoms in total. The first kappa shape index (κ1) is 14.4. The number of nitrogens with zero attached hydrogens (tertiary/aromatic N) is 2. The van der Waals surface area contributed by atoms with Gasteiger partial charge in [-0.15, -0.1) is 0 Å². The number of hydrazine groups is 1. The molecule has 2 heterocycles. The number of hydrogen-bond donors (Lipinski definition) is 3. The van der Waals surface area contributed by atoms with Crippen LogP contribution in [0, 0.1) is 13.8 Å². The quantitative estimate of drug-likeness (QED) is 0.540. The van der Waals surface area contributed by atoms with E-state index in [1.807, 2.05) is 0 Å². The Morgan fingerprint density at radius 3 is 2.75 bits per heavy atom. The van der Waals surface area contributed by atoms with Gasteiger partial charge >= 0.3 is 0 Å². The molecule has 9 heteroatoms. The van der Waals surface area contributed by atoms with Crippen LogP contribution in [0.4, 0.5) is 5.69 Å². The summed E-state index contributed by atoms with van der Waals surface area (Å²) in [6.45, 7) is 3.56. The molecule has 0 aromatic carbocycles. The third-order valence-corrected chi connectivity index (χ3v) is 4.28. The summed E-state index contributed by atoms with van der Waals surface area (Å²) in [6.07, 6.45) is 2.67. The van der Waals surface area contributed by atoms with Gasteiger partial charge in [0, 0.05) is 24.5 Å². The first-order valence-electron chi connectivity index (χ1n) is 5.77. The number of aryl methyl sites for hydroxylation is 2. The smallest absolute Gasteiger partial charge is 0.244 e. The molecule has 0 aliphatic heterocycles. The molecule has 0 saturated heterocycles. The molecule has 0 atom stereocenters. The van der Waals surface area contributed by atoms with Crippen molar-refractivity contribution in [2.45, 2.75) is 25.3 Å². The van der Waals surface area contributed by atoms with Crippen molar-refractivity contribution in [1.29, 1.82) is 0 Å². The van der Waals surface area contributed by atoms with Crippen LogP contribution >= 0.6 is 0 Å². The molecule has 0 unspecified atom stereocenters. The van der Waals surface area contributed by atoms with Gasteiger partial charge in [-0.2, -0.15) is 0 Å². The highest BCUT2D eigenvalue weighted by molar-refractivity contribution is 7.89. The van der Waals surface area contributed by atoms with Gasteiger partial charge in [0.15, 0.2) is 0 Å². The monoisotopic (exact) mass is 297 g/mol. The van der Waals surface area contributed by atoms with Gasteiger partial charge in [0.1, 0.15) is 10.7 Å². The zero-order valence-corrected chi connectivity index (χ0v) is 11.9. The van der Waals surface area contributed by atoms with Crippen LogP contribution in [0.15, 0.2) is 27.9 Å². The van der Waals surface area contributed by atoms with E-state index in [1.54, 1.807) is 13.8 Å². The third-order valence-electron chi connectivity index (χ3n) is 2.85. The van der Waals surface area contributed by atoms with E-state index in [-0.39, 0.29) is 17.1 Å². The normalized spacial score (nSPS) is 11.6. The second kappa shape index (κ2) is 5.57. The van der Waals surface area contributed by atoms with Crippen LogP contribution in [0.25, 0.3) is 0 Å². The Kier molecular flexibility index (Phi) is 4.02. The standard InChI is InChI=1S/C11H15N5O3S/c1-7-9(8(2)19-16-7)5-14-20(17,18)11-6-13-4-3-10(11)15-12/h3-4,6,14H,5,12H2,1-2H3,(H,13,15). The number of rotatable bonds is 5. The maximum Gasteiger partial charge on any atom is 0.244 e. The topological polar surface area (TPSA) is 123 Å². The number of aromatic nitrogens is 2. The van der Waals surface area contributed by atoms with Crippen molar-refractivity contribution in [3.8, 4) is 0 Å². The van der Waals surface area contributed by atoms with E-state index in [0.29, 0.717) is 17.0 Å². The van der Waals surface area contributed by atoms with Crippen molar-refractivity contribution >= 4 is 15.7 Å². The number of hydrogen-bond acceptors (Lipinski definition) is 7. The van der Waals surface area contributed by atoms with Gasteiger partial charge in [0.2, 0.25) is 10.0 Å². The minimum Gasteiger partial charge on any atom is -0.361 e. The van der Waals surface area contributed by atoms with Gasteiger partial charge in [-0.1, -0.05) is 5.16 Å². The Bertz CT molecular complexity index is 691. The largest absolute Gasteiger partial charge is 0.361 e. The van der Waals surface area contributed by atoms with Crippen molar-refractivity contribution in [1.82, 2.24) is 14.9 Å². The van der Waals surface area contributed by atoms with Gasteiger partial charge in [-0.3, -0.25) is 10.8 Å². The lowest BCUT2D eigenvalue weighted by Crippen LogP contribution is -2.25. The molecular weight excluding hydrogens is 282 g/mol. The molecule has 0 spiro atoms. The average molecular weight is 297 g/mol. The van der Waals surface area contributed by atoms with Gasteiger partial charge < -0.3 is 9.95 Å². The summed E-state index contributed by atoms with van der Waals surface area (Å²) in [7, 11) is -3.74. The summed E-state index contributed by atoms with van der Waals surface area (Å²) in [4.78, 5) is 3.77. The maximum atomic E-state index is 12.2. The van der Waals surface area contributed by atoms with Gasteiger partial charge in [0.25, 0.3) is 0 Å². The van der Waals surface area contributed by atoms with Crippen LogP contribution in [-0.2, 0) is 16.6 Å². The number of anilines is 1. The third kappa shape index (κ3) is 2.79. The van der Waals surface area contributed by atoms with Crippen molar-refractivity contribution in [3.63, 3.8) is 0 Å². The first-order valence-corrected chi connectivity index (χ1v) is 7.26. The number of nitrogens with two attached hydrogens (primary N) is 1. The second-order valence-electron chi connectivity index (χ2n) is 4.14. The number of sulfonamides is 1. The number of nitrogen functional groups attached to an aromatic ring is 1. The number of pyridine rings is 1. The van der Waals surface area contributed by atoms with Crippen LogP contribution < -0.4 is 16.0 Å². The average Bonchev–Trinajstić information content (AvgIpc) is 2.76. The molecular formula is C11H15N5O3S. The fourth-order valence-electron chi connectivity index (χ4n) is 1.71. The predicted molar refractivity (Wildman–Crippen MR) is 72.0 cm³/mol. The second-order valence-corrected chi connectivity index (χ2v) is 5.88. The minimum absolute atomic E-state index is 0.0192. The molecule has 0 radical (unpaired) electrons. The van der Waals surface area contributed by atoms with Gasteiger partial charge in [-0.25, -0.2) is 13.1 Å². The Morgan fingerprint density at radius 2 is 2.15 bits per heavy atom. The van der Waals surface area contributed by atoms with E-state index in [4.69, 9.17) is 10.4 Å². The van der Waals surface area contributed by atoms with Crippen LogP contribution in [0.2, 0.25) is 0 Å². The molecule has 2 aromatic heterocycles. The Hall–Kier alpha value is -1.97. The first-order chi connectivity index (χ1) is 9.45. The molecule has 108 valence electrons. The summed E-state index contributed by atoms with van der Waals surface area (Å²) in [5, 5.41) is 3.77. The molecule has 20 heavy (non-hydrogen) atoms. The van der Waals surface area contributed by atoms with Crippen molar-refractivity contribution in [2.24, 2.45) is 5.84 Å². The zero-order valence-electron chi connectivity index (χ0n) is 11.0. The van der Waals surface area contributed by atoms with Crippen molar-refractivity contribution in [3.05, 3.63) is 35.5 Å². The summed E-state index contributed by atoms with van der Waals surface area (Å²) < 4.78 is 31.9. The number of nitrogens with one attached hydrogen (secondary N) is 2. The van der Waals surface area contributed by atoms with Crippen LogP contribution in [-0.4, -0.2) is 18.6 Å². The van der Waals surface area contributed by atoms with Crippen molar-refractivity contribution in [2.75, 3.05) is 5.43 Å². The van der Waals surface area contributed by atoms with Gasteiger partial charge in [0.05, 0.1) is 11.4 Å². The lowest BCUT2D eigenvalue weighted by Gasteiger charge is -2.10. The van der Waals surface area contributed by atoms with Gasteiger partial charge in [-0.05, 0) is 19.9 Å². The van der Waals surface area contributed by atoms with E-state index >= 15 is 0 Å². The summed E-state index contributed by atoms with van der Waals surface area (Å²) in [5.74, 6) is 5.87. The summed E-state index contributed by atoms with van der Waals surface area (Å²) in [6, 6.07) is 1.48. The Morgan fingerprint density at radius 1 is 1.40 bits per heavy atom. The van der Waals surface area contributed by atoms with E-state index in [2.05, 4.69) is 20.3 Å². The van der Waals surface area contributed by atoms with Crippen molar-refractivity contribution < 1.29 is 12.9 Å². The minimum atomic E-state index is -3.74. The fourth-order valence-corrected chi connectivity index (χ4v) is 2.82. The zero-order chi connectivity index (χ0) is 14.8. The van der Waals surface area contributed by atoms with Crippen LogP contribution in [0.3, 0.4) is 0 Å². The predicted octanol–water partition coefficient (Wildman–Crippen LogP) is 0.451. The summed E-state index contributed by atoms with van der Waals surface area (Å²) >= 11 is 0. The van der Waals surface area contributed by atoms with E-state index in [1.165, 1.54) is 18.5 Å². The molecule has 2 rings (SSSR count). The highest BCUT2D eigenvalue weighted by atomic mass is 32.2. The lowest BCUT2D eigenvalue weighted by molar-refractivity contribution is 0.392. The highest BCUT2D eigenvalue weighted by Crippen LogP contribution is 2.19. The van der Waals surface area contributed by atoms with E-state index in [0.717, 1.165) is 0 Å². The van der Waals surface area contributed by atoms with Crippen LogP contribution in [0.1, 0.15) is 17.0 Å². The van der Waals surface area contributed by atoms with E-state index in [9.17, 15) is 8.42 Å². The summed E-state index contributed by atoms with van der Waals surface area (Å²) in [5.41, 5.74) is 3.95. The maximum absolute atomic E-state index is 12.2. The lowest BCUT2D eigenvalue weighted by atomic mass is 10.2. The molecule has 0 bridgehead atoms. The highest BCUT2D eigenvalue weighted by Gasteiger charge is 2.20. The molecule has 0 amide bonds. The molecule has 2 aromatic rings.